The molecule has 190 valence electrons. The van der Waals surface area contributed by atoms with Crippen LogP contribution in [0.15, 0.2) is 65.5 Å². The highest BCUT2D eigenvalue weighted by molar-refractivity contribution is 9.10. The molecule has 3 heterocycles. The van der Waals surface area contributed by atoms with Gasteiger partial charge in [-0.15, -0.1) is 0 Å². The quantitative estimate of drug-likeness (QED) is 0.208. The van der Waals surface area contributed by atoms with E-state index in [2.05, 4.69) is 25.9 Å². The van der Waals surface area contributed by atoms with E-state index < -0.39 is 30.4 Å². The van der Waals surface area contributed by atoms with Gasteiger partial charge in [0, 0.05) is 17.1 Å². The van der Waals surface area contributed by atoms with Crippen molar-refractivity contribution in [2.24, 2.45) is 0 Å². The van der Waals surface area contributed by atoms with Crippen molar-refractivity contribution < 1.29 is 23.8 Å². The number of carbonyl (C=O) groups excluding carboxylic acids is 2. The highest BCUT2D eigenvalue weighted by atomic mass is 79.9. The van der Waals surface area contributed by atoms with Crippen LogP contribution in [0.3, 0.4) is 0 Å². The number of aromatic nitrogens is 3. The number of benzene rings is 2. The van der Waals surface area contributed by atoms with Crippen molar-refractivity contribution in [1.29, 1.82) is 0 Å². The van der Waals surface area contributed by atoms with Crippen molar-refractivity contribution in [2.75, 3.05) is 6.61 Å². The Morgan fingerprint density at radius 1 is 1.03 bits per heavy atom. The summed E-state index contributed by atoms with van der Waals surface area (Å²) in [4.78, 5) is 34.0. The summed E-state index contributed by atoms with van der Waals surface area (Å²) in [5.41, 5.74) is 3.50. The largest absolute Gasteiger partial charge is 0.459 e. The van der Waals surface area contributed by atoms with E-state index in [1.807, 2.05) is 42.7 Å². The molecule has 5 rings (SSSR count). The van der Waals surface area contributed by atoms with E-state index in [9.17, 15) is 9.59 Å². The van der Waals surface area contributed by atoms with Gasteiger partial charge in [-0.1, -0.05) is 47.0 Å². The van der Waals surface area contributed by atoms with Crippen molar-refractivity contribution in [3.05, 3.63) is 92.9 Å². The summed E-state index contributed by atoms with van der Waals surface area (Å²) in [5.74, 6) is -0.961. The lowest BCUT2D eigenvalue weighted by atomic mass is 10.1. The van der Waals surface area contributed by atoms with Gasteiger partial charge in [0.25, 0.3) is 0 Å². The van der Waals surface area contributed by atoms with Crippen molar-refractivity contribution in [1.82, 2.24) is 14.5 Å². The van der Waals surface area contributed by atoms with Gasteiger partial charge in [0.15, 0.2) is 0 Å². The molecule has 0 aliphatic carbocycles. The second kappa shape index (κ2) is 10.6. The van der Waals surface area contributed by atoms with E-state index >= 15 is 0 Å². The molecule has 1 fully saturated rings. The van der Waals surface area contributed by atoms with Gasteiger partial charge in [-0.3, -0.25) is 0 Å². The van der Waals surface area contributed by atoms with Crippen LogP contribution in [0, 0.1) is 13.8 Å². The fourth-order valence-electron chi connectivity index (χ4n) is 4.20. The Morgan fingerprint density at radius 2 is 1.65 bits per heavy atom. The molecule has 4 aromatic rings. The van der Waals surface area contributed by atoms with E-state index in [1.165, 1.54) is 6.33 Å². The molecule has 0 amide bonds. The summed E-state index contributed by atoms with van der Waals surface area (Å²) >= 11 is 9.79. The average molecular weight is 585 g/mol. The number of halogens is 2. The maximum atomic E-state index is 12.9. The molecule has 0 saturated carbocycles. The molecule has 3 atom stereocenters. The number of aryl methyl sites for hydroxylation is 2. The molecule has 0 N–H and O–H groups in total. The van der Waals surface area contributed by atoms with Crippen molar-refractivity contribution in [2.45, 2.75) is 38.7 Å². The molecule has 37 heavy (non-hydrogen) atoms. The number of hydrogen-bond donors (Lipinski definition) is 0. The smallest absolute Gasteiger partial charge is 0.338 e. The van der Waals surface area contributed by atoms with Gasteiger partial charge >= 0.3 is 11.9 Å². The Morgan fingerprint density at radius 3 is 2.30 bits per heavy atom. The van der Waals surface area contributed by atoms with Crippen molar-refractivity contribution >= 4 is 50.5 Å². The van der Waals surface area contributed by atoms with Crippen LogP contribution in [0.1, 0.15) is 44.5 Å². The van der Waals surface area contributed by atoms with E-state index in [-0.39, 0.29) is 6.61 Å². The summed E-state index contributed by atoms with van der Waals surface area (Å²) in [5, 5.41) is 0.953. The normalized spacial score (nSPS) is 19.2. The predicted molar refractivity (Wildman–Crippen MR) is 141 cm³/mol. The average Bonchev–Trinajstić information content (AvgIpc) is 3.44. The first-order chi connectivity index (χ1) is 17.8. The van der Waals surface area contributed by atoms with Crippen LogP contribution in [0.2, 0.25) is 5.15 Å². The third-order valence-corrected chi connectivity index (χ3v) is 7.11. The van der Waals surface area contributed by atoms with Gasteiger partial charge in [0.2, 0.25) is 0 Å². The predicted octanol–water partition coefficient (Wildman–Crippen LogP) is 5.83. The highest BCUT2D eigenvalue weighted by Gasteiger charge is 2.40. The summed E-state index contributed by atoms with van der Waals surface area (Å²) in [6.45, 7) is 3.79. The molecule has 8 nitrogen and oxygen atoms in total. The summed E-state index contributed by atoms with van der Waals surface area (Å²) in [7, 11) is 0. The second-order valence-corrected chi connectivity index (χ2v) is 10.1. The van der Waals surface area contributed by atoms with Gasteiger partial charge in [-0.2, -0.15) is 0 Å². The molecule has 1 aliphatic rings. The van der Waals surface area contributed by atoms with Crippen LogP contribution in [-0.4, -0.2) is 45.3 Å². The highest BCUT2D eigenvalue weighted by Crippen LogP contribution is 2.37. The Balaban J connectivity index is 1.38. The van der Waals surface area contributed by atoms with Crippen LogP contribution < -0.4 is 0 Å². The Kier molecular flexibility index (Phi) is 7.28. The van der Waals surface area contributed by atoms with E-state index in [0.29, 0.717) is 38.2 Å². The van der Waals surface area contributed by atoms with Gasteiger partial charge in [0.1, 0.15) is 42.2 Å². The molecule has 0 spiro atoms. The topological polar surface area (TPSA) is 92.5 Å². The Hall–Kier alpha value is -3.27. The fourth-order valence-corrected chi connectivity index (χ4v) is 5.13. The Bertz CT molecular complexity index is 1460. The van der Waals surface area contributed by atoms with Gasteiger partial charge in [0.05, 0.1) is 16.5 Å². The molecule has 2 aromatic heterocycles. The van der Waals surface area contributed by atoms with E-state index in [4.69, 9.17) is 25.8 Å². The van der Waals surface area contributed by atoms with Crippen molar-refractivity contribution in [3.63, 3.8) is 0 Å². The fraction of sp³-hybridized carbons (Fsp3) is 0.259. The lowest BCUT2D eigenvalue weighted by Gasteiger charge is -2.19. The second-order valence-electron chi connectivity index (χ2n) is 8.89. The zero-order valence-corrected chi connectivity index (χ0v) is 22.4. The third-order valence-electron chi connectivity index (χ3n) is 6.22. The molecule has 1 saturated heterocycles. The van der Waals surface area contributed by atoms with E-state index in [1.54, 1.807) is 30.5 Å². The molecular weight excluding hydrogens is 562 g/mol. The lowest BCUT2D eigenvalue weighted by Crippen LogP contribution is -2.32. The minimum absolute atomic E-state index is 0.0921. The summed E-state index contributed by atoms with van der Waals surface area (Å²) in [6.07, 6.45) is 1.59. The monoisotopic (exact) mass is 583 g/mol. The number of esters is 2. The summed E-state index contributed by atoms with van der Waals surface area (Å²) < 4.78 is 20.2. The number of nitrogens with zero attached hydrogens (tertiary/aromatic N) is 3. The van der Waals surface area contributed by atoms with Gasteiger partial charge < -0.3 is 18.8 Å². The molecule has 0 unspecified atom stereocenters. The van der Waals surface area contributed by atoms with Crippen molar-refractivity contribution in [3.8, 4) is 0 Å². The minimum atomic E-state index is -0.692. The standard InChI is InChI=1S/C27H23BrClN3O5/c1-15-3-7-17(8-4-15)26(33)35-13-21-20(37-27(34)18-9-5-16(2)6-10-18)11-22(36-21)32-12-19(28)23-24(29)30-14-31-25(23)32/h3-10,12,14,20-22H,11,13H2,1-2H3/t20-,21-,22-/m0/s1. The maximum Gasteiger partial charge on any atom is 0.338 e. The lowest BCUT2D eigenvalue weighted by molar-refractivity contribution is -0.0562. The molecule has 10 heteroatoms. The third kappa shape index (κ3) is 5.39. The number of ether oxygens (including phenoxy) is 3. The number of fused-ring (bicyclic) bond motifs is 1. The summed E-state index contributed by atoms with van der Waals surface area (Å²) in [6, 6.07) is 14.2. The van der Waals surface area contributed by atoms with Gasteiger partial charge in [-0.25, -0.2) is 19.6 Å². The molecular formula is C27H23BrClN3O5. The first-order valence-corrected chi connectivity index (χ1v) is 12.8. The minimum Gasteiger partial charge on any atom is -0.459 e. The first-order valence-electron chi connectivity index (χ1n) is 11.6. The SMILES string of the molecule is Cc1ccc(C(=O)OC[C@@H]2O[C@H](n3cc(Br)c4c(Cl)ncnc43)C[C@@H]2OC(=O)c2ccc(C)cc2)cc1. The number of rotatable bonds is 6. The first kappa shape index (κ1) is 25.4. The number of carbonyl (C=O) groups is 2. The molecule has 0 bridgehead atoms. The van der Waals surface area contributed by atoms with Gasteiger partial charge in [-0.05, 0) is 54.0 Å². The maximum absolute atomic E-state index is 12.9. The van der Waals surface area contributed by atoms with Crippen LogP contribution in [-0.2, 0) is 14.2 Å². The number of hydrogen-bond acceptors (Lipinski definition) is 7. The van der Waals surface area contributed by atoms with Crippen LogP contribution >= 0.6 is 27.5 Å². The van der Waals surface area contributed by atoms with Crippen LogP contribution in [0.4, 0.5) is 0 Å². The van der Waals surface area contributed by atoms with Crippen LogP contribution in [0.25, 0.3) is 11.0 Å². The molecule has 0 radical (unpaired) electrons. The molecule has 1 aliphatic heterocycles. The molecule has 2 aromatic carbocycles. The van der Waals surface area contributed by atoms with Crippen LogP contribution in [0.5, 0.6) is 0 Å². The Labute approximate surface area is 226 Å². The van der Waals surface area contributed by atoms with E-state index in [0.717, 1.165) is 11.1 Å². The zero-order valence-electron chi connectivity index (χ0n) is 20.1. The zero-order chi connectivity index (χ0) is 26.1.